The first-order valence-electron chi connectivity index (χ1n) is 2.23. The molecule has 0 aromatic carbocycles. The van der Waals surface area contributed by atoms with Gasteiger partial charge < -0.3 is 0 Å². The molecule has 1 nitrogen and oxygen atoms in total. The van der Waals surface area contributed by atoms with Gasteiger partial charge in [-0.3, -0.25) is 0 Å². The van der Waals surface area contributed by atoms with E-state index in [0.717, 1.165) is 12.3 Å². The molecule has 0 spiro atoms. The van der Waals surface area contributed by atoms with Crippen molar-refractivity contribution in [2.75, 3.05) is 12.3 Å². The van der Waals surface area contributed by atoms with E-state index in [0.29, 0.717) is 0 Å². The molecule has 0 fully saturated rings. The van der Waals surface area contributed by atoms with Gasteiger partial charge in [0.2, 0.25) is 0 Å². The Morgan fingerprint density at radius 1 is 1.29 bits per heavy atom. The molecular formula is C4H10CuOP+3. The predicted molar refractivity (Wildman–Crippen MR) is 28.7 cm³/mol. The van der Waals surface area contributed by atoms with Crippen molar-refractivity contribution in [2.45, 2.75) is 13.8 Å². The van der Waals surface area contributed by atoms with Crippen molar-refractivity contribution in [2.24, 2.45) is 0 Å². The van der Waals surface area contributed by atoms with Gasteiger partial charge in [0.15, 0.2) is 0 Å². The molecule has 45 valence electrons. The summed E-state index contributed by atoms with van der Waals surface area (Å²) in [5.74, 6) is 0. The van der Waals surface area contributed by atoms with Crippen LogP contribution in [0.1, 0.15) is 13.8 Å². The average Bonchev–Trinajstić information content (AvgIpc) is 1.65. The maximum absolute atomic E-state index is 10.3. The van der Waals surface area contributed by atoms with E-state index in [1.807, 2.05) is 13.8 Å². The minimum atomic E-state index is -0.826. The third-order valence-corrected chi connectivity index (χ3v) is 2.12. The van der Waals surface area contributed by atoms with Crippen molar-refractivity contribution in [3.05, 3.63) is 0 Å². The third kappa shape index (κ3) is 6.62. The Hall–Kier alpha value is 0.619. The molecule has 0 atom stereocenters. The second-order valence-electron chi connectivity index (χ2n) is 1.11. The first kappa shape index (κ1) is 10.6. The molecule has 0 heterocycles. The average molecular weight is 169 g/mol. The molecule has 0 aromatic heterocycles. The Balaban J connectivity index is 0. The third-order valence-electron chi connectivity index (χ3n) is 0.705. The van der Waals surface area contributed by atoms with Gasteiger partial charge in [0.05, 0.1) is 0 Å². The summed E-state index contributed by atoms with van der Waals surface area (Å²) in [5.41, 5.74) is 0. The SMILES string of the molecule is CC[P+](=O)CC.[Cu+2]. The van der Waals surface area contributed by atoms with Crippen LogP contribution in [0, 0.1) is 0 Å². The zero-order valence-corrected chi connectivity index (χ0v) is 6.41. The molecule has 1 radical (unpaired) electrons. The first-order valence-corrected chi connectivity index (χ1v) is 3.86. The normalized spacial score (nSPS) is 7.14. The maximum atomic E-state index is 10.3. The Morgan fingerprint density at radius 2 is 1.57 bits per heavy atom. The maximum Gasteiger partial charge on any atom is 2.00 e. The molecule has 0 rings (SSSR count). The summed E-state index contributed by atoms with van der Waals surface area (Å²) >= 11 is 0. The van der Waals surface area contributed by atoms with Crippen LogP contribution < -0.4 is 0 Å². The van der Waals surface area contributed by atoms with E-state index < -0.39 is 7.80 Å². The molecule has 0 N–H and O–H groups in total. The first-order chi connectivity index (χ1) is 2.81. The van der Waals surface area contributed by atoms with E-state index in [1.165, 1.54) is 0 Å². The monoisotopic (exact) mass is 168 g/mol. The Morgan fingerprint density at radius 3 is 1.57 bits per heavy atom. The summed E-state index contributed by atoms with van der Waals surface area (Å²) < 4.78 is 10.3. The van der Waals surface area contributed by atoms with Crippen LogP contribution in [0.4, 0.5) is 0 Å². The van der Waals surface area contributed by atoms with Gasteiger partial charge in [0.25, 0.3) is 0 Å². The van der Waals surface area contributed by atoms with Crippen LogP contribution in [0.25, 0.3) is 0 Å². The quantitative estimate of drug-likeness (QED) is 0.455. The topological polar surface area (TPSA) is 17.1 Å². The standard InChI is InChI=1S/C4H10OP.Cu/c1-3-6(5)4-2;/h3-4H2,1-2H3;/q+1;+2. The van der Waals surface area contributed by atoms with Crippen LogP contribution in [0.15, 0.2) is 0 Å². The van der Waals surface area contributed by atoms with E-state index in [4.69, 9.17) is 0 Å². The molecule has 0 saturated heterocycles. The van der Waals surface area contributed by atoms with Gasteiger partial charge >= 0.3 is 24.9 Å². The smallest absolute Gasteiger partial charge is 0.0749 e. The van der Waals surface area contributed by atoms with Gasteiger partial charge in [-0.1, -0.05) is 4.57 Å². The summed E-state index contributed by atoms with van der Waals surface area (Å²) in [6.07, 6.45) is 1.68. The fraction of sp³-hybridized carbons (Fsp3) is 1.00. The Labute approximate surface area is 56.1 Å². The molecule has 0 aromatic rings. The van der Waals surface area contributed by atoms with Crippen LogP contribution >= 0.6 is 7.80 Å². The molecule has 0 amide bonds. The number of hydrogen-bond donors (Lipinski definition) is 0. The van der Waals surface area contributed by atoms with Crippen LogP contribution in [-0.2, 0) is 21.6 Å². The van der Waals surface area contributed by atoms with Crippen molar-refractivity contribution < 1.29 is 21.6 Å². The predicted octanol–water partition coefficient (Wildman–Crippen LogP) is 1.85. The molecule has 7 heavy (non-hydrogen) atoms. The molecule has 3 heteroatoms. The summed E-state index contributed by atoms with van der Waals surface area (Å²) in [6.45, 7) is 3.89. The van der Waals surface area contributed by atoms with E-state index in [2.05, 4.69) is 0 Å². The van der Waals surface area contributed by atoms with Crippen LogP contribution in [0.2, 0.25) is 0 Å². The van der Waals surface area contributed by atoms with Crippen molar-refractivity contribution in [3.8, 4) is 0 Å². The van der Waals surface area contributed by atoms with Crippen LogP contribution in [0.5, 0.6) is 0 Å². The molecule has 0 aliphatic carbocycles. The number of rotatable bonds is 2. The molecule has 0 saturated carbocycles. The second kappa shape index (κ2) is 6.62. The molecule has 0 aliphatic heterocycles. The largest absolute Gasteiger partial charge is 2.00 e. The molecule has 0 bridgehead atoms. The Bertz CT molecular complexity index is 49.7. The van der Waals surface area contributed by atoms with Gasteiger partial charge in [0, 0.05) is 0 Å². The van der Waals surface area contributed by atoms with Crippen molar-refractivity contribution >= 4 is 7.80 Å². The van der Waals surface area contributed by atoms with Gasteiger partial charge in [-0.05, 0) is 13.8 Å². The van der Waals surface area contributed by atoms with Crippen LogP contribution in [-0.4, -0.2) is 12.3 Å². The fourth-order valence-electron chi connectivity index (χ4n) is 0.224. The molecule has 0 unspecified atom stereocenters. The van der Waals surface area contributed by atoms with Gasteiger partial charge in [-0.15, -0.1) is 0 Å². The number of hydrogen-bond acceptors (Lipinski definition) is 1. The van der Waals surface area contributed by atoms with E-state index in [9.17, 15) is 4.57 Å². The van der Waals surface area contributed by atoms with Crippen LogP contribution in [0.3, 0.4) is 0 Å². The van der Waals surface area contributed by atoms with Crippen molar-refractivity contribution in [1.29, 1.82) is 0 Å². The van der Waals surface area contributed by atoms with E-state index >= 15 is 0 Å². The fourth-order valence-corrected chi connectivity index (χ4v) is 0.671. The summed E-state index contributed by atoms with van der Waals surface area (Å²) in [6, 6.07) is 0. The second-order valence-corrected chi connectivity index (χ2v) is 3.34. The Kier molecular flexibility index (Phi) is 10.00. The van der Waals surface area contributed by atoms with Gasteiger partial charge in [0.1, 0.15) is 12.3 Å². The van der Waals surface area contributed by atoms with Crippen molar-refractivity contribution in [3.63, 3.8) is 0 Å². The summed E-state index contributed by atoms with van der Waals surface area (Å²) in [4.78, 5) is 0. The summed E-state index contributed by atoms with van der Waals surface area (Å²) in [5, 5.41) is 0. The van der Waals surface area contributed by atoms with Gasteiger partial charge in [-0.25, -0.2) is 0 Å². The van der Waals surface area contributed by atoms with Crippen molar-refractivity contribution in [1.82, 2.24) is 0 Å². The van der Waals surface area contributed by atoms with Gasteiger partial charge in [-0.2, -0.15) is 0 Å². The van der Waals surface area contributed by atoms with E-state index in [-0.39, 0.29) is 17.1 Å². The summed E-state index contributed by atoms with van der Waals surface area (Å²) in [7, 11) is -0.826. The minimum Gasteiger partial charge on any atom is -0.0749 e. The van der Waals surface area contributed by atoms with E-state index in [1.54, 1.807) is 0 Å². The minimum absolute atomic E-state index is 0. The molecular weight excluding hydrogens is 159 g/mol. The zero-order chi connectivity index (χ0) is 4.99. The zero-order valence-electron chi connectivity index (χ0n) is 4.57. The molecule has 0 aliphatic rings.